The zero-order chi connectivity index (χ0) is 20.1. The number of methoxy groups -OCH3 is 1. The van der Waals surface area contributed by atoms with Crippen molar-refractivity contribution in [2.24, 2.45) is 11.8 Å². The number of amides is 2. The monoisotopic (exact) mass is 408 g/mol. The molecule has 6 nitrogen and oxygen atoms in total. The Hall–Kier alpha value is -2.77. The molecule has 4 atom stereocenters. The van der Waals surface area contributed by atoms with E-state index in [4.69, 9.17) is 4.74 Å². The molecule has 2 saturated heterocycles. The lowest BCUT2D eigenvalue weighted by Gasteiger charge is -2.36. The van der Waals surface area contributed by atoms with Gasteiger partial charge in [0.2, 0.25) is 11.8 Å². The fourth-order valence-electron chi connectivity index (χ4n) is 4.84. The van der Waals surface area contributed by atoms with Gasteiger partial charge < -0.3 is 9.64 Å². The molecule has 0 unspecified atom stereocenters. The molecule has 3 aliphatic heterocycles. The Bertz CT molecular complexity index is 1020. The maximum absolute atomic E-state index is 13.5. The second-order valence-electron chi connectivity index (χ2n) is 7.47. The van der Waals surface area contributed by atoms with E-state index < -0.39 is 17.9 Å². The molecule has 2 amide bonds. The van der Waals surface area contributed by atoms with E-state index in [0.717, 1.165) is 11.3 Å². The highest BCUT2D eigenvalue weighted by molar-refractivity contribution is 7.12. The molecule has 0 spiro atoms. The Morgan fingerprint density at radius 3 is 2.66 bits per heavy atom. The maximum Gasteiger partial charge on any atom is 0.235 e. The van der Waals surface area contributed by atoms with Gasteiger partial charge in [0.15, 0.2) is 5.78 Å². The smallest absolute Gasteiger partial charge is 0.235 e. The molecule has 29 heavy (non-hydrogen) atoms. The Balaban J connectivity index is 1.62. The Labute approximate surface area is 172 Å². The predicted octanol–water partition coefficient (Wildman–Crippen LogP) is 2.46. The van der Waals surface area contributed by atoms with Crippen molar-refractivity contribution in [1.82, 2.24) is 4.90 Å². The fraction of sp³-hybridized carbons (Fsp3) is 0.318. The van der Waals surface area contributed by atoms with Crippen LogP contribution in [0.3, 0.4) is 0 Å². The summed E-state index contributed by atoms with van der Waals surface area (Å²) in [6.07, 6.45) is 3.95. The van der Waals surface area contributed by atoms with Crippen molar-refractivity contribution in [3.8, 4) is 0 Å². The van der Waals surface area contributed by atoms with Crippen LogP contribution in [-0.4, -0.2) is 54.8 Å². The van der Waals surface area contributed by atoms with Gasteiger partial charge >= 0.3 is 0 Å². The first kappa shape index (κ1) is 18.3. The molecule has 2 fully saturated rings. The third-order valence-corrected chi connectivity index (χ3v) is 6.94. The number of ether oxygens (including phenoxy) is 1. The number of nitrogens with zero attached hydrogens (tertiary/aromatic N) is 2. The van der Waals surface area contributed by atoms with Crippen molar-refractivity contribution < 1.29 is 19.1 Å². The molecule has 3 aliphatic rings. The summed E-state index contributed by atoms with van der Waals surface area (Å²) in [5, 5.41) is 1.85. The highest BCUT2D eigenvalue weighted by Gasteiger charge is 2.63. The lowest BCUT2D eigenvalue weighted by Crippen LogP contribution is -2.49. The van der Waals surface area contributed by atoms with Crippen molar-refractivity contribution in [3.63, 3.8) is 0 Å². The SMILES string of the molecule is COCCN1C(=O)[C@@H]2[C@H](C1=O)[C@@H]1C=Cc3ccccc3N1[C@@H]2C(=O)c1cccs1. The van der Waals surface area contributed by atoms with Crippen LogP contribution in [-0.2, 0) is 14.3 Å². The first-order valence-electron chi connectivity index (χ1n) is 9.61. The zero-order valence-electron chi connectivity index (χ0n) is 15.9. The van der Waals surface area contributed by atoms with Crippen LogP contribution in [0.5, 0.6) is 0 Å². The number of carbonyl (C=O) groups excluding carboxylic acids is 3. The van der Waals surface area contributed by atoms with E-state index in [1.807, 2.05) is 52.8 Å². The Morgan fingerprint density at radius 1 is 1.10 bits per heavy atom. The molecule has 4 heterocycles. The zero-order valence-corrected chi connectivity index (χ0v) is 16.7. The van der Waals surface area contributed by atoms with E-state index >= 15 is 0 Å². The molecule has 7 heteroatoms. The number of fused-ring (bicyclic) bond motifs is 5. The maximum atomic E-state index is 13.5. The average Bonchev–Trinajstić information content (AvgIpc) is 3.44. The standard InChI is InChI=1S/C22H20N2O4S/c1-28-11-10-23-21(26)17-15-9-8-13-5-2-3-6-14(13)24(15)19(18(17)22(23)27)20(25)16-7-4-12-29-16/h2-9,12,15,17-19H,10-11H2,1H3/t15-,17+,18+,19-/m0/s1. The van der Waals surface area contributed by atoms with Crippen molar-refractivity contribution >= 4 is 40.7 Å². The third kappa shape index (κ3) is 2.61. The molecule has 148 valence electrons. The van der Waals surface area contributed by atoms with E-state index in [2.05, 4.69) is 0 Å². The number of carbonyl (C=O) groups is 3. The van der Waals surface area contributed by atoms with Crippen molar-refractivity contribution in [2.45, 2.75) is 12.1 Å². The summed E-state index contributed by atoms with van der Waals surface area (Å²) in [6.45, 7) is 0.502. The van der Waals surface area contributed by atoms with E-state index in [-0.39, 0.29) is 36.8 Å². The van der Waals surface area contributed by atoms with Gasteiger partial charge in [-0.3, -0.25) is 19.3 Å². The largest absolute Gasteiger partial charge is 0.383 e. The summed E-state index contributed by atoms with van der Waals surface area (Å²) in [5.41, 5.74) is 1.89. The minimum atomic E-state index is -0.696. The highest BCUT2D eigenvalue weighted by Crippen LogP contribution is 2.49. The molecule has 2 aromatic rings. The molecule has 0 saturated carbocycles. The van der Waals surface area contributed by atoms with Crippen molar-refractivity contribution in [3.05, 3.63) is 58.3 Å². The van der Waals surface area contributed by atoms with Crippen LogP contribution in [0.2, 0.25) is 0 Å². The van der Waals surface area contributed by atoms with Crippen LogP contribution in [0.15, 0.2) is 47.9 Å². The minimum absolute atomic E-state index is 0.0997. The van der Waals surface area contributed by atoms with E-state index in [0.29, 0.717) is 4.88 Å². The van der Waals surface area contributed by atoms with E-state index in [1.165, 1.54) is 23.3 Å². The Kier molecular flexibility index (Phi) is 4.37. The topological polar surface area (TPSA) is 66.9 Å². The summed E-state index contributed by atoms with van der Waals surface area (Å²) >= 11 is 1.37. The normalized spacial score (nSPS) is 27.2. The van der Waals surface area contributed by atoms with Gasteiger partial charge in [-0.25, -0.2) is 0 Å². The highest BCUT2D eigenvalue weighted by atomic mass is 32.1. The Morgan fingerprint density at radius 2 is 1.90 bits per heavy atom. The second kappa shape index (κ2) is 6.93. The number of rotatable bonds is 5. The average molecular weight is 408 g/mol. The van der Waals surface area contributed by atoms with Gasteiger partial charge in [0.25, 0.3) is 0 Å². The summed E-state index contributed by atoms with van der Waals surface area (Å²) < 4.78 is 5.07. The molecule has 0 N–H and O–H groups in total. The molecule has 1 aromatic heterocycles. The van der Waals surface area contributed by atoms with Gasteiger partial charge in [-0.1, -0.05) is 36.4 Å². The van der Waals surface area contributed by atoms with Crippen LogP contribution < -0.4 is 4.90 Å². The van der Waals surface area contributed by atoms with Crippen LogP contribution in [0.1, 0.15) is 15.2 Å². The first-order valence-corrected chi connectivity index (χ1v) is 10.5. The van der Waals surface area contributed by atoms with Gasteiger partial charge in [-0.05, 0) is 23.1 Å². The van der Waals surface area contributed by atoms with Gasteiger partial charge in [-0.15, -0.1) is 11.3 Å². The molecule has 0 aliphatic carbocycles. The lowest BCUT2D eigenvalue weighted by atomic mass is 9.87. The lowest BCUT2D eigenvalue weighted by molar-refractivity contribution is -0.141. The molecule has 0 radical (unpaired) electrons. The fourth-order valence-corrected chi connectivity index (χ4v) is 5.54. The molecule has 5 rings (SSSR count). The number of Topliss-reactive ketones (excluding diaryl/α,β-unsaturated/α-hetero) is 1. The second-order valence-corrected chi connectivity index (χ2v) is 8.42. The minimum Gasteiger partial charge on any atom is -0.383 e. The van der Waals surface area contributed by atoms with Gasteiger partial charge in [-0.2, -0.15) is 0 Å². The third-order valence-electron chi connectivity index (χ3n) is 6.06. The number of hydrogen-bond donors (Lipinski definition) is 0. The molecule has 1 aromatic carbocycles. The number of anilines is 1. The summed E-state index contributed by atoms with van der Waals surface area (Å²) in [4.78, 5) is 43.9. The molecule has 0 bridgehead atoms. The van der Waals surface area contributed by atoms with Crippen LogP contribution in [0.4, 0.5) is 5.69 Å². The van der Waals surface area contributed by atoms with Gasteiger partial charge in [0.1, 0.15) is 6.04 Å². The van der Waals surface area contributed by atoms with Crippen molar-refractivity contribution in [2.75, 3.05) is 25.2 Å². The quantitative estimate of drug-likeness (QED) is 0.562. The number of ketones is 1. The van der Waals surface area contributed by atoms with Crippen LogP contribution in [0, 0.1) is 11.8 Å². The number of thiophene rings is 1. The molecular formula is C22H20N2O4S. The van der Waals surface area contributed by atoms with Crippen molar-refractivity contribution in [1.29, 1.82) is 0 Å². The number of benzene rings is 1. The van der Waals surface area contributed by atoms with E-state index in [9.17, 15) is 14.4 Å². The number of hydrogen-bond acceptors (Lipinski definition) is 6. The number of imide groups is 1. The first-order chi connectivity index (χ1) is 14.1. The predicted molar refractivity (Wildman–Crippen MR) is 110 cm³/mol. The number of likely N-dealkylation sites (tertiary alicyclic amines) is 1. The number of para-hydroxylation sites is 1. The molecular weight excluding hydrogens is 388 g/mol. The van der Waals surface area contributed by atoms with Gasteiger partial charge in [0, 0.05) is 12.8 Å². The summed E-state index contributed by atoms with van der Waals surface area (Å²) in [5.74, 6) is -1.82. The van der Waals surface area contributed by atoms with Gasteiger partial charge in [0.05, 0.1) is 35.9 Å². The van der Waals surface area contributed by atoms with Crippen LogP contribution >= 0.6 is 11.3 Å². The van der Waals surface area contributed by atoms with Crippen LogP contribution in [0.25, 0.3) is 6.08 Å². The summed E-state index contributed by atoms with van der Waals surface area (Å²) in [6, 6.07) is 10.4. The van der Waals surface area contributed by atoms with E-state index in [1.54, 1.807) is 6.07 Å². The summed E-state index contributed by atoms with van der Waals surface area (Å²) in [7, 11) is 1.54.